The van der Waals surface area contributed by atoms with E-state index in [-0.39, 0.29) is 22.9 Å². The average molecular weight is 424 g/mol. The summed E-state index contributed by atoms with van der Waals surface area (Å²) >= 11 is 7.13. The summed E-state index contributed by atoms with van der Waals surface area (Å²) in [6.45, 7) is 2.17. The van der Waals surface area contributed by atoms with Gasteiger partial charge in [-0.3, -0.25) is 4.79 Å². The molecular weight excluding hydrogens is 406 g/mol. The van der Waals surface area contributed by atoms with Crippen molar-refractivity contribution >= 4 is 33.0 Å². The number of aryl methyl sites for hydroxylation is 1. The van der Waals surface area contributed by atoms with E-state index in [9.17, 15) is 13.2 Å². The molecule has 0 saturated heterocycles. The van der Waals surface area contributed by atoms with Crippen LogP contribution in [0.1, 0.15) is 11.8 Å². The molecule has 0 aliphatic heterocycles. The Kier molecular flexibility index (Phi) is 6.11. The Hall–Kier alpha value is -2.00. The van der Waals surface area contributed by atoms with Gasteiger partial charge in [0.25, 0.3) is 5.56 Å². The van der Waals surface area contributed by atoms with Crippen LogP contribution in [0.5, 0.6) is 0 Å². The Morgan fingerprint density at radius 2 is 1.85 bits per heavy atom. The minimum atomic E-state index is -3.59. The molecule has 27 heavy (non-hydrogen) atoms. The Morgan fingerprint density at radius 1 is 1.11 bits per heavy atom. The largest absolute Gasteiger partial charge is 0.268 e. The summed E-state index contributed by atoms with van der Waals surface area (Å²) in [5, 5.41) is 4.92. The van der Waals surface area contributed by atoms with Crippen molar-refractivity contribution in [2.75, 3.05) is 6.54 Å². The lowest BCUT2D eigenvalue weighted by atomic mass is 10.1. The fourth-order valence-electron chi connectivity index (χ4n) is 2.43. The maximum atomic E-state index is 12.3. The molecule has 2 heterocycles. The van der Waals surface area contributed by atoms with Crippen molar-refractivity contribution in [3.05, 3.63) is 68.8 Å². The highest BCUT2D eigenvalue weighted by Gasteiger charge is 2.16. The summed E-state index contributed by atoms with van der Waals surface area (Å²) in [6.07, 6.45) is 0.789. The van der Waals surface area contributed by atoms with Crippen LogP contribution in [-0.4, -0.2) is 24.7 Å². The lowest BCUT2D eigenvalue weighted by Crippen LogP contribution is -2.31. The molecule has 0 atom stereocenters. The Bertz CT molecular complexity index is 1090. The number of aromatic nitrogens is 2. The number of hydrogen-bond acceptors (Lipinski definition) is 5. The standard InChI is InChI=1S/C18H18ClN3O3S2/c1-2-15-7-10-18(26-15)27(24,25)20-11-12-22-17(23)9-8-16(21-22)13-3-5-14(19)6-4-13/h3-10,20H,2,11-12H2,1H3. The van der Waals surface area contributed by atoms with Gasteiger partial charge in [-0.15, -0.1) is 11.3 Å². The summed E-state index contributed by atoms with van der Waals surface area (Å²) in [5.41, 5.74) is 1.13. The second kappa shape index (κ2) is 8.35. The van der Waals surface area contributed by atoms with Gasteiger partial charge < -0.3 is 0 Å². The fraction of sp³-hybridized carbons (Fsp3) is 0.222. The van der Waals surface area contributed by atoms with Crippen LogP contribution in [0, 0.1) is 0 Å². The van der Waals surface area contributed by atoms with Crippen molar-refractivity contribution in [2.45, 2.75) is 24.1 Å². The van der Waals surface area contributed by atoms with Crippen molar-refractivity contribution in [3.63, 3.8) is 0 Å². The highest BCUT2D eigenvalue weighted by atomic mass is 35.5. The zero-order valence-electron chi connectivity index (χ0n) is 14.6. The van der Waals surface area contributed by atoms with E-state index in [1.807, 2.05) is 19.1 Å². The molecule has 1 aromatic carbocycles. The minimum Gasteiger partial charge on any atom is -0.268 e. The Morgan fingerprint density at radius 3 is 2.52 bits per heavy atom. The quantitative estimate of drug-likeness (QED) is 0.632. The van der Waals surface area contributed by atoms with Gasteiger partial charge in [0.1, 0.15) is 4.21 Å². The van der Waals surface area contributed by atoms with E-state index in [4.69, 9.17) is 11.6 Å². The molecular formula is C18H18ClN3O3S2. The average Bonchev–Trinajstić information content (AvgIpc) is 3.14. The van der Waals surface area contributed by atoms with Crippen LogP contribution in [0.3, 0.4) is 0 Å². The van der Waals surface area contributed by atoms with Crippen molar-refractivity contribution in [3.8, 4) is 11.3 Å². The predicted octanol–water partition coefficient (Wildman–Crippen LogP) is 3.17. The third-order valence-corrected chi connectivity index (χ3v) is 7.31. The van der Waals surface area contributed by atoms with E-state index in [0.29, 0.717) is 10.7 Å². The first-order valence-electron chi connectivity index (χ1n) is 8.31. The van der Waals surface area contributed by atoms with Gasteiger partial charge in [-0.05, 0) is 36.8 Å². The summed E-state index contributed by atoms with van der Waals surface area (Å²) in [7, 11) is -3.59. The van der Waals surface area contributed by atoms with Crippen molar-refractivity contribution in [1.82, 2.24) is 14.5 Å². The fourth-order valence-corrected chi connectivity index (χ4v) is 4.92. The first kappa shape index (κ1) is 19.8. The SMILES string of the molecule is CCc1ccc(S(=O)(=O)NCCn2nc(-c3ccc(Cl)cc3)ccc2=O)s1. The molecule has 9 heteroatoms. The van der Waals surface area contributed by atoms with Crippen LogP contribution in [0.25, 0.3) is 11.3 Å². The Labute approximate surface area is 166 Å². The second-order valence-corrected chi connectivity index (χ2v) is 9.36. The van der Waals surface area contributed by atoms with Crippen LogP contribution in [0.4, 0.5) is 0 Å². The molecule has 0 bridgehead atoms. The lowest BCUT2D eigenvalue weighted by molar-refractivity contribution is 0.550. The molecule has 3 rings (SSSR count). The first-order chi connectivity index (χ1) is 12.9. The van der Waals surface area contributed by atoms with Gasteiger partial charge in [-0.25, -0.2) is 17.8 Å². The first-order valence-corrected chi connectivity index (χ1v) is 11.0. The van der Waals surface area contributed by atoms with Crippen LogP contribution in [0.2, 0.25) is 5.02 Å². The number of nitrogens with zero attached hydrogens (tertiary/aromatic N) is 2. The summed E-state index contributed by atoms with van der Waals surface area (Å²) in [4.78, 5) is 13.0. The normalized spacial score (nSPS) is 11.6. The van der Waals surface area contributed by atoms with Gasteiger partial charge in [-0.2, -0.15) is 5.10 Å². The maximum Gasteiger partial charge on any atom is 0.266 e. The zero-order valence-corrected chi connectivity index (χ0v) is 16.9. The van der Waals surface area contributed by atoms with E-state index in [0.717, 1.165) is 16.9 Å². The number of hydrogen-bond donors (Lipinski definition) is 1. The molecule has 2 aromatic heterocycles. The molecule has 0 aliphatic carbocycles. The number of sulfonamides is 1. The van der Waals surface area contributed by atoms with E-state index < -0.39 is 10.0 Å². The monoisotopic (exact) mass is 423 g/mol. The van der Waals surface area contributed by atoms with Crippen LogP contribution < -0.4 is 10.3 Å². The summed E-state index contributed by atoms with van der Waals surface area (Å²) in [5.74, 6) is 0. The maximum absolute atomic E-state index is 12.3. The van der Waals surface area contributed by atoms with Crippen LogP contribution >= 0.6 is 22.9 Å². The van der Waals surface area contributed by atoms with Gasteiger partial charge in [-0.1, -0.05) is 30.7 Å². The van der Waals surface area contributed by atoms with Gasteiger partial charge in [0, 0.05) is 28.1 Å². The second-order valence-electron chi connectivity index (χ2n) is 5.76. The molecule has 0 fully saturated rings. The van der Waals surface area contributed by atoms with Gasteiger partial charge in [0.2, 0.25) is 10.0 Å². The Balaban J connectivity index is 1.71. The van der Waals surface area contributed by atoms with Crippen LogP contribution in [-0.2, 0) is 23.0 Å². The number of nitrogens with one attached hydrogen (secondary N) is 1. The van der Waals surface area contributed by atoms with Crippen molar-refractivity contribution in [2.24, 2.45) is 0 Å². The summed E-state index contributed by atoms with van der Waals surface area (Å²) in [6, 6.07) is 13.6. The zero-order chi connectivity index (χ0) is 19.4. The van der Waals surface area contributed by atoms with Crippen LogP contribution in [0.15, 0.2) is 57.5 Å². The van der Waals surface area contributed by atoms with Crippen molar-refractivity contribution in [1.29, 1.82) is 0 Å². The summed E-state index contributed by atoms with van der Waals surface area (Å²) < 4.78 is 28.7. The molecule has 142 valence electrons. The van der Waals surface area contributed by atoms with E-state index >= 15 is 0 Å². The molecule has 1 N–H and O–H groups in total. The number of thiophene rings is 1. The van der Waals surface area contributed by atoms with E-state index in [2.05, 4.69) is 9.82 Å². The highest BCUT2D eigenvalue weighted by Crippen LogP contribution is 2.21. The topological polar surface area (TPSA) is 81.1 Å². The molecule has 0 amide bonds. The molecule has 0 spiro atoms. The third kappa shape index (κ3) is 4.84. The van der Waals surface area contributed by atoms with Gasteiger partial charge >= 0.3 is 0 Å². The smallest absolute Gasteiger partial charge is 0.266 e. The lowest BCUT2D eigenvalue weighted by Gasteiger charge is -2.08. The van der Waals surface area contributed by atoms with E-state index in [1.54, 1.807) is 30.3 Å². The molecule has 0 saturated carbocycles. The number of benzene rings is 1. The van der Waals surface area contributed by atoms with E-state index in [1.165, 1.54) is 22.1 Å². The number of rotatable bonds is 7. The highest BCUT2D eigenvalue weighted by molar-refractivity contribution is 7.91. The van der Waals surface area contributed by atoms with Gasteiger partial charge in [0.05, 0.1) is 12.2 Å². The molecule has 6 nitrogen and oxygen atoms in total. The molecule has 3 aromatic rings. The predicted molar refractivity (Wildman–Crippen MR) is 108 cm³/mol. The minimum absolute atomic E-state index is 0.0681. The molecule has 0 unspecified atom stereocenters. The van der Waals surface area contributed by atoms with Gasteiger partial charge in [0.15, 0.2) is 0 Å². The molecule has 0 aliphatic rings. The molecule has 0 radical (unpaired) electrons. The number of halogens is 1. The third-order valence-electron chi connectivity index (χ3n) is 3.87. The van der Waals surface area contributed by atoms with Crippen molar-refractivity contribution < 1.29 is 8.42 Å².